The molecule has 1 aromatic rings. The monoisotopic (exact) mass is 290 g/mol. The van der Waals surface area contributed by atoms with Gasteiger partial charge in [-0.1, -0.05) is 12.6 Å². The number of hydrogen-bond acceptors (Lipinski definition) is 3. The minimum Gasteiger partial charge on any atom is -0.362 e. The fourth-order valence-corrected chi connectivity index (χ4v) is 1.86. The summed E-state index contributed by atoms with van der Waals surface area (Å²) in [5.74, 6) is -1.98. The number of aliphatic hydroxyl groups is 1. The van der Waals surface area contributed by atoms with Gasteiger partial charge in [-0.2, -0.15) is 13.2 Å². The van der Waals surface area contributed by atoms with Crippen LogP contribution in [0.5, 0.6) is 0 Å². The lowest BCUT2D eigenvalue weighted by molar-refractivity contribution is -0.299. The Kier molecular flexibility index (Phi) is 3.21. The predicted molar refractivity (Wildman–Crippen MR) is 60.5 cm³/mol. The van der Waals surface area contributed by atoms with Crippen molar-refractivity contribution in [3.05, 3.63) is 47.9 Å². The van der Waals surface area contributed by atoms with Crippen LogP contribution in [0.4, 0.5) is 17.6 Å². The minimum absolute atomic E-state index is 0.0180. The number of alkyl halides is 3. The smallest absolute Gasteiger partial charge is 0.362 e. The summed E-state index contributed by atoms with van der Waals surface area (Å²) >= 11 is 0. The molecule has 1 fully saturated rings. The van der Waals surface area contributed by atoms with Crippen LogP contribution in [0.15, 0.2) is 36.5 Å². The molecule has 2 rings (SSSR count). The Balaban J connectivity index is 2.40. The van der Waals surface area contributed by atoms with E-state index in [1.807, 2.05) is 0 Å². The number of hydrogen-bond donors (Lipinski definition) is 2. The number of nitrogens with one attached hydrogen (secondary N) is 1. The van der Waals surface area contributed by atoms with Gasteiger partial charge in [0.25, 0.3) is 11.6 Å². The van der Waals surface area contributed by atoms with E-state index in [9.17, 15) is 27.5 Å². The molecular weight excluding hydrogens is 280 g/mol. The van der Waals surface area contributed by atoms with Crippen LogP contribution in [-0.4, -0.2) is 27.9 Å². The van der Waals surface area contributed by atoms with Crippen molar-refractivity contribution in [3.8, 4) is 0 Å². The van der Waals surface area contributed by atoms with Gasteiger partial charge in [0, 0.05) is 17.7 Å². The second kappa shape index (κ2) is 4.48. The third-order valence-electron chi connectivity index (χ3n) is 2.83. The van der Waals surface area contributed by atoms with Crippen molar-refractivity contribution < 1.29 is 27.5 Å². The van der Waals surface area contributed by atoms with Crippen molar-refractivity contribution in [1.29, 1.82) is 0 Å². The number of hydrazine groups is 1. The number of nitrogens with zero attached hydrogens (tertiary/aromatic N) is 1. The van der Waals surface area contributed by atoms with E-state index in [0.717, 1.165) is 18.2 Å². The highest BCUT2D eigenvalue weighted by atomic mass is 19.4. The van der Waals surface area contributed by atoms with E-state index in [4.69, 9.17) is 0 Å². The first kappa shape index (κ1) is 14.3. The van der Waals surface area contributed by atoms with Crippen LogP contribution < -0.4 is 5.43 Å². The molecule has 0 aliphatic carbocycles. The molecule has 1 aliphatic rings. The van der Waals surface area contributed by atoms with Crippen LogP contribution in [-0.2, 0) is 0 Å². The SMILES string of the molecule is C=C1CC(O)(C(F)(F)F)N(C(=O)c2cccc(F)c2)N1. The molecule has 0 radical (unpaired) electrons. The fourth-order valence-electron chi connectivity index (χ4n) is 1.86. The summed E-state index contributed by atoms with van der Waals surface area (Å²) in [4.78, 5) is 12.0. The number of halogens is 4. The first-order chi connectivity index (χ1) is 9.15. The van der Waals surface area contributed by atoms with Crippen LogP contribution in [0.3, 0.4) is 0 Å². The molecule has 0 aromatic heterocycles. The highest BCUT2D eigenvalue weighted by Gasteiger charge is 2.63. The second-order valence-corrected chi connectivity index (χ2v) is 4.36. The first-order valence-electron chi connectivity index (χ1n) is 5.49. The fraction of sp³-hybridized carbons (Fsp3) is 0.250. The molecule has 1 atom stereocenters. The molecule has 20 heavy (non-hydrogen) atoms. The molecule has 1 saturated heterocycles. The van der Waals surface area contributed by atoms with Crippen molar-refractivity contribution in [3.63, 3.8) is 0 Å². The van der Waals surface area contributed by atoms with Gasteiger partial charge >= 0.3 is 6.18 Å². The number of amides is 1. The van der Waals surface area contributed by atoms with Gasteiger partial charge in [-0.15, -0.1) is 0 Å². The van der Waals surface area contributed by atoms with E-state index < -0.39 is 30.0 Å². The summed E-state index contributed by atoms with van der Waals surface area (Å²) < 4.78 is 51.8. The van der Waals surface area contributed by atoms with E-state index in [0.29, 0.717) is 0 Å². The molecule has 8 heteroatoms. The first-order valence-corrected chi connectivity index (χ1v) is 5.49. The molecule has 108 valence electrons. The van der Waals surface area contributed by atoms with Crippen molar-refractivity contribution in [2.24, 2.45) is 0 Å². The summed E-state index contributed by atoms with van der Waals surface area (Å²) in [6.45, 7) is 3.27. The lowest BCUT2D eigenvalue weighted by Gasteiger charge is -2.33. The Morgan fingerprint density at radius 1 is 1.45 bits per heavy atom. The third kappa shape index (κ3) is 2.22. The Morgan fingerprint density at radius 2 is 2.10 bits per heavy atom. The molecule has 4 nitrogen and oxygen atoms in total. The largest absolute Gasteiger partial charge is 0.438 e. The van der Waals surface area contributed by atoms with Crippen molar-refractivity contribution >= 4 is 5.91 Å². The van der Waals surface area contributed by atoms with E-state index >= 15 is 0 Å². The molecule has 1 aromatic carbocycles. The van der Waals surface area contributed by atoms with E-state index in [-0.39, 0.29) is 16.3 Å². The molecule has 1 aliphatic heterocycles. The number of rotatable bonds is 1. The average Bonchev–Trinajstić information content (AvgIpc) is 2.64. The summed E-state index contributed by atoms with van der Waals surface area (Å²) in [5, 5.41) is 9.74. The third-order valence-corrected chi connectivity index (χ3v) is 2.83. The van der Waals surface area contributed by atoms with Gasteiger partial charge in [-0.05, 0) is 18.2 Å². The van der Waals surface area contributed by atoms with Gasteiger partial charge in [0.05, 0.1) is 0 Å². The van der Waals surface area contributed by atoms with Crippen LogP contribution >= 0.6 is 0 Å². The van der Waals surface area contributed by atoms with Gasteiger partial charge in [0.1, 0.15) is 5.82 Å². The zero-order valence-electron chi connectivity index (χ0n) is 10.0. The van der Waals surface area contributed by atoms with Crippen molar-refractivity contribution in [2.75, 3.05) is 0 Å². The maximum Gasteiger partial charge on any atom is 0.438 e. The lowest BCUT2D eigenvalue weighted by atomic mass is 10.1. The van der Waals surface area contributed by atoms with Crippen molar-refractivity contribution in [2.45, 2.75) is 18.3 Å². The van der Waals surface area contributed by atoms with Crippen LogP contribution in [0.1, 0.15) is 16.8 Å². The highest BCUT2D eigenvalue weighted by Crippen LogP contribution is 2.41. The van der Waals surface area contributed by atoms with Crippen molar-refractivity contribution in [1.82, 2.24) is 10.4 Å². The van der Waals surface area contributed by atoms with E-state index in [2.05, 4.69) is 12.0 Å². The normalized spacial score (nSPS) is 22.9. The molecule has 2 N–H and O–H groups in total. The maximum absolute atomic E-state index is 13.0. The summed E-state index contributed by atoms with van der Waals surface area (Å²) in [7, 11) is 0. The van der Waals surface area contributed by atoms with Crippen LogP contribution in [0, 0.1) is 5.82 Å². The van der Waals surface area contributed by atoms with Crippen LogP contribution in [0.25, 0.3) is 0 Å². The maximum atomic E-state index is 13.0. The molecule has 0 bridgehead atoms. The lowest BCUT2D eigenvalue weighted by Crippen LogP contribution is -2.59. The highest BCUT2D eigenvalue weighted by molar-refractivity contribution is 5.94. The van der Waals surface area contributed by atoms with Gasteiger partial charge in [-0.25, -0.2) is 9.40 Å². The van der Waals surface area contributed by atoms with Gasteiger partial charge < -0.3 is 5.11 Å². The molecule has 0 spiro atoms. The second-order valence-electron chi connectivity index (χ2n) is 4.36. The standard InChI is InChI=1S/C12H10F4N2O2/c1-7-6-11(20,12(14,15)16)18(17-7)10(19)8-3-2-4-9(13)5-8/h2-5,17,20H,1,6H2. The molecule has 1 heterocycles. The number of carbonyl (C=O) groups is 1. The Labute approximate surface area is 111 Å². The topological polar surface area (TPSA) is 52.6 Å². The van der Waals surface area contributed by atoms with Gasteiger partial charge in [0.2, 0.25) is 0 Å². The molecule has 1 unspecified atom stereocenters. The Morgan fingerprint density at radius 3 is 2.65 bits per heavy atom. The Bertz CT molecular complexity index is 573. The van der Waals surface area contributed by atoms with E-state index in [1.165, 1.54) is 6.07 Å². The molecule has 0 saturated carbocycles. The quantitative estimate of drug-likeness (QED) is 0.777. The number of benzene rings is 1. The van der Waals surface area contributed by atoms with E-state index in [1.54, 1.807) is 0 Å². The number of carbonyl (C=O) groups excluding carboxylic acids is 1. The molecular formula is C12H10F4N2O2. The summed E-state index contributed by atoms with van der Waals surface area (Å²) in [6, 6.07) is 4.15. The van der Waals surface area contributed by atoms with Crippen LogP contribution in [0.2, 0.25) is 0 Å². The van der Waals surface area contributed by atoms with Gasteiger partial charge in [-0.3, -0.25) is 10.2 Å². The summed E-state index contributed by atoms with van der Waals surface area (Å²) in [6.07, 6.45) is -5.97. The minimum atomic E-state index is -5.08. The predicted octanol–water partition coefficient (Wildman–Crippen LogP) is 1.94. The summed E-state index contributed by atoms with van der Waals surface area (Å²) in [5.41, 5.74) is -1.84. The zero-order chi connectivity index (χ0) is 15.1. The average molecular weight is 290 g/mol. The van der Waals surface area contributed by atoms with Gasteiger partial charge in [0.15, 0.2) is 0 Å². The molecule has 1 amide bonds. The Hall–Kier alpha value is -2.09. The zero-order valence-corrected chi connectivity index (χ0v) is 10.0.